The van der Waals surface area contributed by atoms with E-state index in [1.165, 1.54) is 38.0 Å². The molecule has 4 rings (SSSR count). The first-order chi connectivity index (χ1) is 20.7. The number of aliphatic hydroxyl groups excluding tert-OH is 2. The van der Waals surface area contributed by atoms with Crippen LogP contribution < -0.4 is 15.3 Å². The van der Waals surface area contributed by atoms with Gasteiger partial charge in [-0.3, -0.25) is 13.9 Å². The maximum Gasteiger partial charge on any atom is 0.459 e. The monoisotopic (exact) mass is 630 g/mol. The molecule has 0 saturated heterocycles. The van der Waals surface area contributed by atoms with Crippen LogP contribution in [0, 0.1) is 5.41 Å². The van der Waals surface area contributed by atoms with Gasteiger partial charge in [0, 0.05) is 5.39 Å². The van der Waals surface area contributed by atoms with Crippen molar-refractivity contribution in [1.82, 2.24) is 24.6 Å². The summed E-state index contributed by atoms with van der Waals surface area (Å²) < 4.78 is 38.7. The van der Waals surface area contributed by atoms with Gasteiger partial charge in [-0.1, -0.05) is 57.2 Å². The molecule has 6 atom stereocenters. The zero-order valence-electron chi connectivity index (χ0n) is 25.4. The normalized spacial score (nSPS) is 17.0. The number of nitrogens with one attached hydrogen (secondary N) is 1. The number of esters is 1. The molecule has 5 unspecified atom stereocenters. The van der Waals surface area contributed by atoms with E-state index in [1.54, 1.807) is 24.3 Å². The van der Waals surface area contributed by atoms with E-state index in [9.17, 15) is 19.6 Å². The van der Waals surface area contributed by atoms with Crippen LogP contribution in [0.2, 0.25) is 0 Å². The van der Waals surface area contributed by atoms with Crippen LogP contribution in [-0.4, -0.2) is 66.7 Å². The fraction of sp³-hybridized carbons (Fsp3) is 0.448. The average molecular weight is 631 g/mol. The molecule has 0 aliphatic carbocycles. The summed E-state index contributed by atoms with van der Waals surface area (Å²) in [6.07, 6.45) is -2.87. The van der Waals surface area contributed by atoms with Gasteiger partial charge >= 0.3 is 13.7 Å². The van der Waals surface area contributed by atoms with Crippen molar-refractivity contribution >= 4 is 41.5 Å². The van der Waals surface area contributed by atoms with E-state index in [-0.39, 0.29) is 34.8 Å². The second-order valence-corrected chi connectivity index (χ2v) is 13.3. The number of nitrogens with two attached hydrogens (primary N) is 1. The van der Waals surface area contributed by atoms with E-state index < -0.39 is 44.5 Å². The molecular weight excluding hydrogens is 591 g/mol. The summed E-state index contributed by atoms with van der Waals surface area (Å²) >= 11 is 0. The standard InChI is InChI=1S/C29H39N6O8P/c1-17(27(37)40-14-29(4,5)6)34-44(39,43-22-13-9-11-20-10-7-8-12-21(20)22)42-19(3)24(18(2)36)41-28(38)35-16-33-23-25(30)31-15-32-26(23)35/h7-13,15-19,24,28,36,38H,14H2,1-6H3,(H,34,39)(H2,30,31,32)/t17?,18?,19?,24-,28?,44?/m0/s1. The summed E-state index contributed by atoms with van der Waals surface area (Å²) in [5.41, 5.74) is 5.99. The van der Waals surface area contributed by atoms with Gasteiger partial charge in [-0.25, -0.2) is 19.5 Å². The highest BCUT2D eigenvalue weighted by molar-refractivity contribution is 7.52. The molecule has 0 bridgehead atoms. The Morgan fingerprint density at radius 3 is 2.48 bits per heavy atom. The maximum atomic E-state index is 14.4. The zero-order valence-corrected chi connectivity index (χ0v) is 26.3. The van der Waals surface area contributed by atoms with Crippen molar-refractivity contribution in [3.05, 3.63) is 55.1 Å². The molecule has 2 aromatic carbocycles. The average Bonchev–Trinajstić information content (AvgIpc) is 3.39. The van der Waals surface area contributed by atoms with Crippen LogP contribution in [0.1, 0.15) is 48.0 Å². The number of anilines is 1. The Hall–Kier alpha value is -3.65. The second kappa shape index (κ2) is 13.6. The number of carbonyl (C=O) groups excluding carboxylic acids is 1. The van der Waals surface area contributed by atoms with Crippen molar-refractivity contribution < 1.29 is 38.1 Å². The lowest BCUT2D eigenvalue weighted by molar-refractivity contribution is -0.221. The van der Waals surface area contributed by atoms with Crippen LogP contribution in [0.3, 0.4) is 0 Å². The van der Waals surface area contributed by atoms with Gasteiger partial charge in [0.15, 0.2) is 11.5 Å². The van der Waals surface area contributed by atoms with E-state index in [2.05, 4.69) is 20.0 Å². The number of aromatic nitrogens is 4. The summed E-state index contributed by atoms with van der Waals surface area (Å²) in [4.78, 5) is 24.9. The predicted molar refractivity (Wildman–Crippen MR) is 163 cm³/mol. The molecule has 5 N–H and O–H groups in total. The van der Waals surface area contributed by atoms with Crippen LogP contribution in [-0.2, 0) is 23.4 Å². The molecule has 0 spiro atoms. The lowest BCUT2D eigenvalue weighted by Gasteiger charge is -2.32. The number of hydrogen-bond donors (Lipinski definition) is 4. The third-order valence-corrected chi connectivity index (χ3v) is 8.22. The van der Waals surface area contributed by atoms with E-state index in [0.29, 0.717) is 5.39 Å². The Labute approximate surface area is 255 Å². The van der Waals surface area contributed by atoms with E-state index >= 15 is 0 Å². The Bertz CT molecular complexity index is 1640. The van der Waals surface area contributed by atoms with E-state index in [1.807, 2.05) is 39.0 Å². The fourth-order valence-corrected chi connectivity index (χ4v) is 6.03. The molecule has 14 nitrogen and oxygen atoms in total. The summed E-state index contributed by atoms with van der Waals surface area (Å²) in [5.74, 6) is -0.319. The molecule has 0 radical (unpaired) electrons. The first-order valence-electron chi connectivity index (χ1n) is 14.0. The molecule has 0 aliphatic rings. The number of carbonyl (C=O) groups is 1. The molecular formula is C29H39N6O8P. The van der Waals surface area contributed by atoms with Crippen molar-refractivity contribution in [3.8, 4) is 5.75 Å². The third kappa shape index (κ3) is 8.08. The minimum atomic E-state index is -4.40. The van der Waals surface area contributed by atoms with Gasteiger partial charge in [0.25, 0.3) is 0 Å². The number of fused-ring (bicyclic) bond motifs is 2. The molecule has 0 fully saturated rings. The number of nitrogen functional groups attached to an aromatic ring is 1. The SMILES string of the molecule is CC(NP(=O)(Oc1cccc2ccccc12)OC(C)[C@@H](OC(O)n1cnc2c(N)ncnc21)C(C)O)C(=O)OCC(C)(C)C. The van der Waals surface area contributed by atoms with Gasteiger partial charge in [-0.2, -0.15) is 5.09 Å². The Morgan fingerprint density at radius 1 is 1.07 bits per heavy atom. The third-order valence-electron chi connectivity index (χ3n) is 6.47. The van der Waals surface area contributed by atoms with Crippen molar-refractivity contribution in [1.29, 1.82) is 0 Å². The smallest absolute Gasteiger partial charge is 0.459 e. The number of hydrogen-bond acceptors (Lipinski definition) is 12. The zero-order chi connectivity index (χ0) is 32.2. The van der Waals surface area contributed by atoms with Crippen LogP contribution in [0.4, 0.5) is 5.82 Å². The van der Waals surface area contributed by atoms with Gasteiger partial charge < -0.3 is 29.9 Å². The maximum absolute atomic E-state index is 14.4. The summed E-state index contributed by atoms with van der Waals surface area (Å²) in [6.45, 7) is 10.3. The largest absolute Gasteiger partial charge is 0.464 e. The molecule has 2 heterocycles. The van der Waals surface area contributed by atoms with Crippen LogP contribution in [0.15, 0.2) is 55.1 Å². The number of nitrogens with zero attached hydrogens (tertiary/aromatic N) is 4. The molecule has 44 heavy (non-hydrogen) atoms. The lowest BCUT2D eigenvalue weighted by Crippen LogP contribution is -2.42. The van der Waals surface area contributed by atoms with Gasteiger partial charge in [0.05, 0.1) is 18.8 Å². The summed E-state index contributed by atoms with van der Waals surface area (Å²) in [6, 6.07) is 11.4. The van der Waals surface area contributed by atoms with Gasteiger partial charge in [0.2, 0.25) is 6.41 Å². The van der Waals surface area contributed by atoms with Gasteiger partial charge in [-0.15, -0.1) is 0 Å². The highest BCUT2D eigenvalue weighted by Gasteiger charge is 2.39. The van der Waals surface area contributed by atoms with E-state index in [0.717, 1.165) is 5.39 Å². The molecule has 238 valence electrons. The van der Waals surface area contributed by atoms with Gasteiger partial charge in [0.1, 0.15) is 36.1 Å². The Balaban J connectivity index is 1.60. The molecule has 0 aliphatic heterocycles. The summed E-state index contributed by atoms with van der Waals surface area (Å²) in [7, 11) is -4.40. The van der Waals surface area contributed by atoms with E-state index in [4.69, 9.17) is 24.3 Å². The van der Waals surface area contributed by atoms with Crippen LogP contribution in [0.25, 0.3) is 21.9 Å². The Morgan fingerprint density at radius 2 is 1.77 bits per heavy atom. The minimum Gasteiger partial charge on any atom is -0.464 e. The van der Waals surface area contributed by atoms with Gasteiger partial charge in [-0.05, 0) is 37.6 Å². The fourth-order valence-electron chi connectivity index (χ4n) is 4.32. The van der Waals surface area contributed by atoms with Crippen molar-refractivity contribution in [2.24, 2.45) is 5.41 Å². The first kappa shape index (κ1) is 33.2. The van der Waals surface area contributed by atoms with Crippen molar-refractivity contribution in [3.63, 3.8) is 0 Å². The summed E-state index contributed by atoms with van der Waals surface area (Å²) in [5, 5.41) is 25.7. The number of benzene rings is 2. The quantitative estimate of drug-likeness (QED) is 0.0944. The number of imidazole rings is 1. The highest BCUT2D eigenvalue weighted by Crippen LogP contribution is 2.48. The number of ether oxygens (including phenoxy) is 2. The lowest BCUT2D eigenvalue weighted by atomic mass is 9.99. The predicted octanol–water partition coefficient (Wildman–Crippen LogP) is 3.94. The molecule has 15 heteroatoms. The first-order valence-corrected chi connectivity index (χ1v) is 15.6. The van der Waals surface area contributed by atoms with Crippen molar-refractivity contribution in [2.45, 2.75) is 72.3 Å². The van der Waals surface area contributed by atoms with Crippen LogP contribution in [0.5, 0.6) is 5.75 Å². The van der Waals surface area contributed by atoms with Crippen LogP contribution >= 0.6 is 7.75 Å². The topological polar surface area (TPSA) is 193 Å². The molecule has 0 amide bonds. The Kier molecular flexibility index (Phi) is 10.2. The number of aliphatic hydroxyl groups is 2. The molecule has 0 saturated carbocycles. The second-order valence-electron chi connectivity index (χ2n) is 11.6. The molecule has 4 aromatic rings. The molecule has 2 aromatic heterocycles. The number of rotatable bonds is 13. The highest BCUT2D eigenvalue weighted by atomic mass is 31.2. The van der Waals surface area contributed by atoms with Crippen molar-refractivity contribution in [2.75, 3.05) is 12.3 Å². The minimum absolute atomic E-state index is 0.109.